The van der Waals surface area contributed by atoms with Gasteiger partial charge in [0.2, 0.25) is 0 Å². The first-order valence-corrected chi connectivity index (χ1v) is 6.86. The third-order valence-corrected chi connectivity index (χ3v) is 3.01. The lowest BCUT2D eigenvalue weighted by atomic mass is 10.1. The summed E-state index contributed by atoms with van der Waals surface area (Å²) in [7, 11) is 1.67. The van der Waals surface area contributed by atoms with Crippen molar-refractivity contribution in [2.45, 2.75) is 12.8 Å². The summed E-state index contributed by atoms with van der Waals surface area (Å²) in [6.45, 7) is 7.01. The molecule has 0 radical (unpaired) electrons. The molecule has 1 fully saturated rings. The summed E-state index contributed by atoms with van der Waals surface area (Å²) in [6, 6.07) is 0. The quantitative estimate of drug-likeness (QED) is 0.524. The summed E-state index contributed by atoms with van der Waals surface area (Å²) >= 11 is 0. The Morgan fingerprint density at radius 2 is 1.50 bits per heavy atom. The normalized spacial score (nSPS) is 19.5. The first-order chi connectivity index (χ1) is 8.93. The maximum Gasteiger partial charge on any atom is 0.0701 e. The highest BCUT2D eigenvalue weighted by Crippen LogP contribution is 2.11. The summed E-state index contributed by atoms with van der Waals surface area (Å²) in [5.41, 5.74) is 0. The van der Waals surface area contributed by atoms with E-state index in [0.29, 0.717) is 39.6 Å². The Hall–Kier alpha value is -0.200. The second-order valence-corrected chi connectivity index (χ2v) is 4.48. The number of ether oxygens (including phenoxy) is 4. The summed E-state index contributed by atoms with van der Waals surface area (Å²) in [5, 5.41) is 3.36. The number of hydrogen-bond acceptors (Lipinski definition) is 5. The van der Waals surface area contributed by atoms with Crippen LogP contribution in [0.3, 0.4) is 0 Å². The van der Waals surface area contributed by atoms with Gasteiger partial charge in [0, 0.05) is 13.7 Å². The highest BCUT2D eigenvalue weighted by Gasteiger charge is 2.13. The van der Waals surface area contributed by atoms with E-state index in [4.69, 9.17) is 18.9 Å². The molecule has 1 saturated heterocycles. The Balaban J connectivity index is 1.68. The molecular weight excluding hydrogens is 234 g/mol. The van der Waals surface area contributed by atoms with Gasteiger partial charge in [-0.25, -0.2) is 0 Å². The van der Waals surface area contributed by atoms with E-state index < -0.39 is 0 Å². The second kappa shape index (κ2) is 11.9. The predicted molar refractivity (Wildman–Crippen MR) is 69.9 cm³/mol. The molecule has 1 atom stereocenters. The fourth-order valence-corrected chi connectivity index (χ4v) is 1.89. The zero-order valence-electron chi connectivity index (χ0n) is 11.5. The fraction of sp³-hybridized carbons (Fsp3) is 1.00. The first kappa shape index (κ1) is 15.9. The molecule has 1 rings (SSSR count). The molecule has 5 heteroatoms. The van der Waals surface area contributed by atoms with Crippen molar-refractivity contribution in [3.05, 3.63) is 0 Å². The van der Waals surface area contributed by atoms with Crippen LogP contribution in [0.2, 0.25) is 0 Å². The maximum atomic E-state index is 5.53. The van der Waals surface area contributed by atoms with Gasteiger partial charge in [-0.1, -0.05) is 0 Å². The Morgan fingerprint density at radius 1 is 0.889 bits per heavy atom. The van der Waals surface area contributed by atoms with Crippen molar-refractivity contribution < 1.29 is 18.9 Å². The van der Waals surface area contributed by atoms with Gasteiger partial charge in [-0.05, 0) is 31.8 Å². The molecule has 18 heavy (non-hydrogen) atoms. The van der Waals surface area contributed by atoms with E-state index >= 15 is 0 Å². The molecule has 0 saturated carbocycles. The van der Waals surface area contributed by atoms with Crippen LogP contribution in [-0.2, 0) is 18.9 Å². The number of hydrogen-bond donors (Lipinski definition) is 1. The van der Waals surface area contributed by atoms with Crippen molar-refractivity contribution in [3.8, 4) is 0 Å². The smallest absolute Gasteiger partial charge is 0.0701 e. The van der Waals surface area contributed by atoms with Gasteiger partial charge in [-0.2, -0.15) is 0 Å². The number of nitrogens with one attached hydrogen (secondary N) is 1. The van der Waals surface area contributed by atoms with E-state index in [-0.39, 0.29) is 0 Å². The van der Waals surface area contributed by atoms with Crippen molar-refractivity contribution in [1.29, 1.82) is 0 Å². The van der Waals surface area contributed by atoms with Crippen LogP contribution in [0, 0.1) is 5.92 Å². The fourth-order valence-electron chi connectivity index (χ4n) is 1.89. The third kappa shape index (κ3) is 8.83. The predicted octanol–water partition coefficient (Wildman–Crippen LogP) is 0.682. The molecule has 1 heterocycles. The van der Waals surface area contributed by atoms with E-state index in [1.165, 1.54) is 6.42 Å². The van der Waals surface area contributed by atoms with Crippen LogP contribution in [0.5, 0.6) is 0 Å². The molecule has 0 bridgehead atoms. The molecule has 0 aromatic rings. The second-order valence-electron chi connectivity index (χ2n) is 4.48. The number of rotatable bonds is 12. The van der Waals surface area contributed by atoms with Gasteiger partial charge in [0.1, 0.15) is 0 Å². The van der Waals surface area contributed by atoms with Gasteiger partial charge in [-0.3, -0.25) is 0 Å². The van der Waals surface area contributed by atoms with Gasteiger partial charge in [0.15, 0.2) is 0 Å². The van der Waals surface area contributed by atoms with E-state index in [2.05, 4.69) is 5.32 Å². The van der Waals surface area contributed by atoms with Crippen LogP contribution in [0.1, 0.15) is 12.8 Å². The van der Waals surface area contributed by atoms with Crippen LogP contribution < -0.4 is 5.32 Å². The highest BCUT2D eigenvalue weighted by atomic mass is 16.6. The average molecular weight is 261 g/mol. The van der Waals surface area contributed by atoms with Crippen LogP contribution >= 0.6 is 0 Å². The van der Waals surface area contributed by atoms with Crippen molar-refractivity contribution >= 4 is 0 Å². The van der Waals surface area contributed by atoms with Gasteiger partial charge in [0.25, 0.3) is 0 Å². The lowest BCUT2D eigenvalue weighted by Crippen LogP contribution is -2.13. The van der Waals surface area contributed by atoms with Crippen LogP contribution in [0.4, 0.5) is 0 Å². The van der Waals surface area contributed by atoms with E-state index in [9.17, 15) is 0 Å². The molecule has 0 aromatic heterocycles. The molecule has 0 amide bonds. The third-order valence-electron chi connectivity index (χ3n) is 3.01. The maximum absolute atomic E-state index is 5.53. The summed E-state index contributed by atoms with van der Waals surface area (Å²) < 4.78 is 21.0. The Kier molecular flexibility index (Phi) is 10.5. The Labute approximate surface area is 110 Å². The van der Waals surface area contributed by atoms with E-state index in [1.807, 2.05) is 0 Å². The minimum absolute atomic E-state index is 0.622. The molecule has 0 spiro atoms. The first-order valence-electron chi connectivity index (χ1n) is 6.86. The van der Waals surface area contributed by atoms with Crippen molar-refractivity contribution in [3.63, 3.8) is 0 Å². The van der Waals surface area contributed by atoms with Gasteiger partial charge < -0.3 is 24.3 Å². The Morgan fingerprint density at radius 3 is 2.06 bits per heavy atom. The highest BCUT2D eigenvalue weighted by molar-refractivity contribution is 4.70. The van der Waals surface area contributed by atoms with Crippen molar-refractivity contribution in [2.75, 3.05) is 66.4 Å². The molecule has 0 aromatic carbocycles. The lowest BCUT2D eigenvalue weighted by Gasteiger charge is -2.09. The molecule has 5 nitrogen and oxygen atoms in total. The molecule has 1 unspecified atom stereocenters. The zero-order valence-corrected chi connectivity index (χ0v) is 11.5. The van der Waals surface area contributed by atoms with Gasteiger partial charge >= 0.3 is 0 Å². The summed E-state index contributed by atoms with van der Waals surface area (Å²) in [4.78, 5) is 0. The molecule has 1 aliphatic rings. The Bertz CT molecular complexity index is 174. The van der Waals surface area contributed by atoms with Crippen molar-refractivity contribution in [2.24, 2.45) is 5.92 Å². The summed E-state index contributed by atoms with van der Waals surface area (Å²) in [6.07, 6.45) is 2.45. The molecule has 0 aliphatic carbocycles. The minimum Gasteiger partial charge on any atom is -0.382 e. The average Bonchev–Trinajstić information content (AvgIpc) is 2.89. The SMILES string of the molecule is COCCOCCOCCOCCC1CCNC1. The van der Waals surface area contributed by atoms with E-state index in [1.54, 1.807) is 7.11 Å². The monoisotopic (exact) mass is 261 g/mol. The van der Waals surface area contributed by atoms with E-state index in [0.717, 1.165) is 32.0 Å². The molecule has 1 N–H and O–H groups in total. The van der Waals surface area contributed by atoms with Gasteiger partial charge in [0.05, 0.1) is 39.6 Å². The summed E-state index contributed by atoms with van der Waals surface area (Å²) in [5.74, 6) is 0.806. The minimum atomic E-state index is 0.622. The van der Waals surface area contributed by atoms with Crippen molar-refractivity contribution in [1.82, 2.24) is 5.32 Å². The zero-order chi connectivity index (χ0) is 12.9. The number of methoxy groups -OCH3 is 1. The molecule has 1 aliphatic heterocycles. The molecular formula is C13H27NO4. The standard InChI is InChI=1S/C13H27NO4/c1-15-6-7-17-10-11-18-9-8-16-5-3-13-2-4-14-12-13/h13-14H,2-12H2,1H3. The lowest BCUT2D eigenvalue weighted by molar-refractivity contribution is 0.00235. The van der Waals surface area contributed by atoms with Crippen LogP contribution in [-0.4, -0.2) is 66.4 Å². The van der Waals surface area contributed by atoms with Gasteiger partial charge in [-0.15, -0.1) is 0 Å². The largest absolute Gasteiger partial charge is 0.382 e. The molecule has 108 valence electrons. The van der Waals surface area contributed by atoms with Crippen LogP contribution in [0.25, 0.3) is 0 Å². The van der Waals surface area contributed by atoms with Crippen LogP contribution in [0.15, 0.2) is 0 Å². The topological polar surface area (TPSA) is 49.0 Å².